The molecule has 0 saturated heterocycles. The maximum atomic E-state index is 9.62. The van der Waals surface area contributed by atoms with Crippen molar-refractivity contribution in [2.75, 3.05) is 20.2 Å². The van der Waals surface area contributed by atoms with Gasteiger partial charge in [-0.15, -0.1) is 0 Å². The second-order valence-corrected chi connectivity index (χ2v) is 4.80. The van der Waals surface area contributed by atoms with Gasteiger partial charge in [-0.3, -0.25) is 4.90 Å². The van der Waals surface area contributed by atoms with Gasteiger partial charge in [-0.2, -0.15) is 0 Å². The van der Waals surface area contributed by atoms with Gasteiger partial charge in [0.05, 0.1) is 13.2 Å². The highest BCUT2D eigenvalue weighted by molar-refractivity contribution is 5.27. The van der Waals surface area contributed by atoms with E-state index in [4.69, 9.17) is 4.74 Å². The van der Waals surface area contributed by atoms with Crippen molar-refractivity contribution in [3.63, 3.8) is 0 Å². The quantitative estimate of drug-likeness (QED) is 0.828. The highest BCUT2D eigenvalue weighted by Crippen LogP contribution is 2.17. The molecule has 0 unspecified atom stereocenters. The maximum absolute atomic E-state index is 9.62. The molecule has 1 N–H and O–H groups in total. The number of benzene rings is 1. The first-order valence-corrected chi connectivity index (χ1v) is 6.41. The van der Waals surface area contributed by atoms with Crippen LogP contribution in [0, 0.1) is 0 Å². The maximum Gasteiger partial charge on any atom is 0.118 e. The number of hydrogen-bond donors (Lipinski definition) is 1. The van der Waals surface area contributed by atoms with Crippen molar-refractivity contribution in [3.05, 3.63) is 41.5 Å². The second kappa shape index (κ2) is 6.03. The van der Waals surface area contributed by atoms with Crippen molar-refractivity contribution in [1.29, 1.82) is 0 Å². The van der Waals surface area contributed by atoms with Gasteiger partial charge in [0, 0.05) is 19.6 Å². The lowest BCUT2D eigenvalue weighted by molar-refractivity contribution is 0.197. The largest absolute Gasteiger partial charge is 0.497 e. The van der Waals surface area contributed by atoms with Gasteiger partial charge in [0.2, 0.25) is 0 Å². The summed E-state index contributed by atoms with van der Waals surface area (Å²) in [5.41, 5.74) is 2.41. The number of methoxy groups -OCH3 is 1. The molecule has 1 heterocycles. The van der Waals surface area contributed by atoms with Gasteiger partial charge in [0.1, 0.15) is 5.75 Å². The Morgan fingerprint density at radius 1 is 1.33 bits per heavy atom. The monoisotopic (exact) mass is 247 g/mol. The minimum atomic E-state index is -0.330. The van der Waals surface area contributed by atoms with Gasteiger partial charge in [-0.1, -0.05) is 18.2 Å². The molecular weight excluding hydrogens is 226 g/mol. The lowest BCUT2D eigenvalue weighted by atomic mass is 10.0. The molecule has 0 bridgehead atoms. The fraction of sp³-hybridized carbons (Fsp3) is 0.467. The molecule has 1 aliphatic rings. The van der Waals surface area contributed by atoms with Gasteiger partial charge < -0.3 is 9.84 Å². The third kappa shape index (κ3) is 3.34. The van der Waals surface area contributed by atoms with Crippen molar-refractivity contribution in [3.8, 4) is 5.75 Å². The van der Waals surface area contributed by atoms with E-state index < -0.39 is 0 Å². The first-order chi connectivity index (χ1) is 8.69. The van der Waals surface area contributed by atoms with E-state index in [9.17, 15) is 5.11 Å². The molecule has 0 fully saturated rings. The Balaban J connectivity index is 1.95. The predicted octanol–water partition coefficient (Wildman–Crippen LogP) is 2.21. The summed E-state index contributed by atoms with van der Waals surface area (Å²) in [5, 5.41) is 9.62. The zero-order chi connectivity index (χ0) is 13.0. The molecule has 3 heteroatoms. The van der Waals surface area contributed by atoms with Crippen molar-refractivity contribution in [2.45, 2.75) is 26.0 Å². The summed E-state index contributed by atoms with van der Waals surface area (Å²) >= 11 is 0. The molecule has 0 aromatic heterocycles. The van der Waals surface area contributed by atoms with Crippen LogP contribution in [0.3, 0.4) is 0 Å². The lowest BCUT2D eigenvalue weighted by Crippen LogP contribution is -2.32. The van der Waals surface area contributed by atoms with Crippen LogP contribution in [-0.4, -0.2) is 36.3 Å². The third-order valence-electron chi connectivity index (χ3n) is 3.36. The molecule has 1 atom stereocenters. The number of hydrogen-bond acceptors (Lipinski definition) is 3. The minimum Gasteiger partial charge on any atom is -0.497 e. The zero-order valence-corrected chi connectivity index (χ0v) is 11.1. The summed E-state index contributed by atoms with van der Waals surface area (Å²) in [7, 11) is 1.68. The van der Waals surface area contributed by atoms with Crippen LogP contribution < -0.4 is 4.74 Å². The van der Waals surface area contributed by atoms with E-state index in [-0.39, 0.29) is 6.10 Å². The van der Waals surface area contributed by atoms with Crippen molar-refractivity contribution in [2.24, 2.45) is 0 Å². The van der Waals surface area contributed by atoms with Crippen LogP contribution >= 0.6 is 0 Å². The average molecular weight is 247 g/mol. The van der Waals surface area contributed by atoms with Crippen LogP contribution in [0.1, 0.15) is 18.9 Å². The Morgan fingerprint density at radius 2 is 2.06 bits per heavy atom. The third-order valence-corrected chi connectivity index (χ3v) is 3.36. The average Bonchev–Trinajstić information content (AvgIpc) is 2.40. The molecule has 2 rings (SSSR count). The number of rotatable bonds is 4. The van der Waals surface area contributed by atoms with E-state index in [0.29, 0.717) is 0 Å². The Kier molecular flexibility index (Phi) is 4.39. The van der Waals surface area contributed by atoms with Gasteiger partial charge in [-0.05, 0) is 36.6 Å². The molecule has 0 aliphatic carbocycles. The first-order valence-electron chi connectivity index (χ1n) is 6.41. The molecule has 18 heavy (non-hydrogen) atoms. The Labute approximate surface area is 109 Å². The minimum absolute atomic E-state index is 0.330. The van der Waals surface area contributed by atoms with E-state index >= 15 is 0 Å². The topological polar surface area (TPSA) is 32.7 Å². The van der Waals surface area contributed by atoms with Crippen LogP contribution in [0.25, 0.3) is 0 Å². The predicted molar refractivity (Wildman–Crippen MR) is 72.7 cm³/mol. The van der Waals surface area contributed by atoms with Gasteiger partial charge in [0.15, 0.2) is 0 Å². The normalized spacial score (nSPS) is 18.3. The van der Waals surface area contributed by atoms with Crippen molar-refractivity contribution in [1.82, 2.24) is 4.90 Å². The number of aliphatic hydroxyl groups is 1. The Morgan fingerprint density at radius 3 is 2.67 bits per heavy atom. The molecule has 0 amide bonds. The summed E-state index contributed by atoms with van der Waals surface area (Å²) in [4.78, 5) is 2.36. The fourth-order valence-corrected chi connectivity index (χ4v) is 2.26. The van der Waals surface area contributed by atoms with E-state index in [2.05, 4.69) is 23.1 Å². The highest BCUT2D eigenvalue weighted by atomic mass is 16.5. The van der Waals surface area contributed by atoms with E-state index in [1.807, 2.05) is 19.1 Å². The van der Waals surface area contributed by atoms with Gasteiger partial charge in [0.25, 0.3) is 0 Å². The summed E-state index contributed by atoms with van der Waals surface area (Å²) in [6, 6.07) is 8.17. The van der Waals surface area contributed by atoms with Crippen LogP contribution in [-0.2, 0) is 6.54 Å². The van der Waals surface area contributed by atoms with E-state index in [0.717, 1.165) is 37.4 Å². The summed E-state index contributed by atoms with van der Waals surface area (Å²) in [6.07, 6.45) is 2.86. The molecule has 1 aromatic carbocycles. The van der Waals surface area contributed by atoms with Gasteiger partial charge >= 0.3 is 0 Å². The summed E-state index contributed by atoms with van der Waals surface area (Å²) in [6.45, 7) is 4.68. The fourth-order valence-electron chi connectivity index (χ4n) is 2.26. The van der Waals surface area contributed by atoms with Crippen molar-refractivity contribution < 1.29 is 9.84 Å². The van der Waals surface area contributed by atoms with Crippen molar-refractivity contribution >= 4 is 0 Å². The standard InChI is InChI=1S/C15H21NO2/c1-12(17)14-4-3-9-16(11-14)10-13-5-7-15(18-2)8-6-13/h4-8,12,17H,3,9-11H2,1-2H3/t12-/m0/s1. The summed E-state index contributed by atoms with van der Waals surface area (Å²) < 4.78 is 5.15. The van der Waals surface area contributed by atoms with Crippen LogP contribution in [0.2, 0.25) is 0 Å². The number of nitrogens with zero attached hydrogens (tertiary/aromatic N) is 1. The second-order valence-electron chi connectivity index (χ2n) is 4.80. The molecule has 1 aliphatic heterocycles. The number of ether oxygens (including phenoxy) is 1. The Bertz CT molecular complexity index is 409. The number of aliphatic hydroxyl groups excluding tert-OH is 1. The van der Waals surface area contributed by atoms with Crippen LogP contribution in [0.15, 0.2) is 35.9 Å². The molecule has 0 saturated carbocycles. The van der Waals surface area contributed by atoms with Crippen LogP contribution in [0.4, 0.5) is 0 Å². The first kappa shape index (κ1) is 13.1. The summed E-state index contributed by atoms with van der Waals surface area (Å²) in [5.74, 6) is 0.891. The van der Waals surface area contributed by atoms with Crippen LogP contribution in [0.5, 0.6) is 5.75 Å². The molecule has 3 nitrogen and oxygen atoms in total. The SMILES string of the molecule is COc1ccc(CN2CCC=C([C@H](C)O)C2)cc1. The van der Waals surface area contributed by atoms with E-state index in [1.165, 1.54) is 5.56 Å². The lowest BCUT2D eigenvalue weighted by Gasteiger charge is -2.28. The molecule has 0 spiro atoms. The Hall–Kier alpha value is -1.32. The molecule has 0 radical (unpaired) electrons. The molecule has 98 valence electrons. The smallest absolute Gasteiger partial charge is 0.118 e. The molecular formula is C15H21NO2. The van der Waals surface area contributed by atoms with Gasteiger partial charge in [-0.25, -0.2) is 0 Å². The van der Waals surface area contributed by atoms with E-state index in [1.54, 1.807) is 7.11 Å². The highest BCUT2D eigenvalue weighted by Gasteiger charge is 2.15. The molecule has 1 aromatic rings. The zero-order valence-electron chi connectivity index (χ0n) is 11.1.